The lowest BCUT2D eigenvalue weighted by molar-refractivity contribution is -0.135. The molecule has 19 heavy (non-hydrogen) atoms. The highest BCUT2D eigenvalue weighted by Gasteiger charge is 2.11. The zero-order valence-corrected chi connectivity index (χ0v) is 11.5. The minimum atomic E-state index is -0.615. The second-order valence-electron chi connectivity index (χ2n) is 3.58. The lowest BCUT2D eigenvalue weighted by atomic mass is 10.3. The number of benzene rings is 1. The molecule has 1 aromatic rings. The van der Waals surface area contributed by atoms with Crippen LogP contribution < -0.4 is 10.6 Å². The van der Waals surface area contributed by atoms with Crippen LogP contribution in [0.4, 0.5) is 5.69 Å². The highest BCUT2D eigenvalue weighted by atomic mass is 35.5. The fraction of sp³-hybridized carbons (Fsp3) is 0.231. The summed E-state index contributed by atoms with van der Waals surface area (Å²) in [5.41, 5.74) is 0.699. The molecular weight excluding hydrogens is 268 g/mol. The van der Waals surface area contributed by atoms with Gasteiger partial charge in [0, 0.05) is 17.3 Å². The van der Waals surface area contributed by atoms with Crippen LogP contribution in [0.3, 0.4) is 0 Å². The molecule has 0 aromatic heterocycles. The molecule has 0 saturated carbocycles. The maximum absolute atomic E-state index is 11.8. The molecule has 2 N–H and O–H groups in total. The summed E-state index contributed by atoms with van der Waals surface area (Å²) in [6.45, 7) is 2.24. The van der Waals surface area contributed by atoms with Gasteiger partial charge < -0.3 is 15.4 Å². The number of anilines is 1. The molecule has 0 bridgehead atoms. The van der Waals surface area contributed by atoms with Gasteiger partial charge in [0.15, 0.2) is 0 Å². The van der Waals surface area contributed by atoms with Crippen molar-refractivity contribution in [2.45, 2.75) is 6.92 Å². The molecule has 0 aliphatic rings. The number of hydrogen-bond donors (Lipinski definition) is 2. The van der Waals surface area contributed by atoms with Crippen molar-refractivity contribution < 1.29 is 14.3 Å². The van der Waals surface area contributed by atoms with E-state index in [9.17, 15) is 9.59 Å². The largest absolute Gasteiger partial charge is 0.466 e. The Morgan fingerprint density at radius 1 is 1.42 bits per heavy atom. The molecule has 1 amide bonds. The van der Waals surface area contributed by atoms with E-state index in [1.807, 2.05) is 0 Å². The quantitative estimate of drug-likeness (QED) is 0.640. The third-order valence-electron chi connectivity index (χ3n) is 2.15. The highest BCUT2D eigenvalue weighted by molar-refractivity contribution is 6.30. The lowest BCUT2D eigenvalue weighted by Gasteiger charge is -2.10. The van der Waals surface area contributed by atoms with E-state index in [1.165, 1.54) is 7.11 Å². The van der Waals surface area contributed by atoms with Gasteiger partial charge in [-0.1, -0.05) is 17.7 Å². The second-order valence-corrected chi connectivity index (χ2v) is 4.01. The number of ether oxygens (including phenoxy) is 1. The SMILES string of the molecule is CCNC(=O)/C(=C/C(=O)OC)Nc1cccc(Cl)c1. The van der Waals surface area contributed by atoms with Gasteiger partial charge in [0.2, 0.25) is 0 Å². The molecule has 0 heterocycles. The maximum atomic E-state index is 11.8. The molecular formula is C13H15ClN2O3. The van der Waals surface area contributed by atoms with E-state index in [0.717, 1.165) is 6.08 Å². The Morgan fingerprint density at radius 3 is 2.74 bits per heavy atom. The predicted molar refractivity (Wildman–Crippen MR) is 73.9 cm³/mol. The summed E-state index contributed by atoms with van der Waals surface area (Å²) in [6, 6.07) is 6.82. The number of methoxy groups -OCH3 is 1. The van der Waals surface area contributed by atoms with Gasteiger partial charge in [-0.3, -0.25) is 4.79 Å². The number of hydrogen-bond acceptors (Lipinski definition) is 4. The summed E-state index contributed by atoms with van der Waals surface area (Å²) in [7, 11) is 1.24. The number of carbonyl (C=O) groups excluding carboxylic acids is 2. The van der Waals surface area contributed by atoms with E-state index in [4.69, 9.17) is 11.6 Å². The van der Waals surface area contributed by atoms with Crippen molar-refractivity contribution in [3.63, 3.8) is 0 Å². The van der Waals surface area contributed by atoms with Gasteiger partial charge in [0.1, 0.15) is 5.70 Å². The van der Waals surface area contributed by atoms with Crippen LogP contribution in [0, 0.1) is 0 Å². The Hall–Kier alpha value is -2.01. The van der Waals surface area contributed by atoms with E-state index in [0.29, 0.717) is 17.3 Å². The topological polar surface area (TPSA) is 67.4 Å². The number of halogens is 1. The summed E-state index contributed by atoms with van der Waals surface area (Å²) >= 11 is 5.85. The average molecular weight is 283 g/mol. The molecule has 102 valence electrons. The van der Waals surface area contributed by atoms with Gasteiger partial charge in [-0.2, -0.15) is 0 Å². The monoisotopic (exact) mass is 282 g/mol. The maximum Gasteiger partial charge on any atom is 0.332 e. The Morgan fingerprint density at radius 2 is 2.16 bits per heavy atom. The summed E-state index contributed by atoms with van der Waals surface area (Å²) in [5.74, 6) is -1.01. The first-order valence-corrected chi connectivity index (χ1v) is 6.05. The van der Waals surface area contributed by atoms with E-state index in [1.54, 1.807) is 31.2 Å². The van der Waals surface area contributed by atoms with Gasteiger partial charge in [-0.15, -0.1) is 0 Å². The van der Waals surface area contributed by atoms with Gasteiger partial charge in [-0.25, -0.2) is 4.79 Å². The molecule has 0 fully saturated rings. The molecule has 0 atom stereocenters. The molecule has 1 rings (SSSR count). The molecule has 0 aliphatic heterocycles. The summed E-state index contributed by atoms with van der Waals surface area (Å²) in [6.07, 6.45) is 1.09. The number of carbonyl (C=O) groups is 2. The van der Waals surface area contributed by atoms with Crippen LogP contribution in [-0.4, -0.2) is 25.5 Å². The van der Waals surface area contributed by atoms with Crippen LogP contribution in [0.1, 0.15) is 6.92 Å². The number of amides is 1. The Bertz CT molecular complexity index is 500. The van der Waals surface area contributed by atoms with Gasteiger partial charge in [-0.05, 0) is 25.1 Å². The number of esters is 1. The zero-order chi connectivity index (χ0) is 14.3. The number of likely N-dealkylation sites (N-methyl/N-ethyl adjacent to an activating group) is 1. The van der Waals surface area contributed by atoms with E-state index in [2.05, 4.69) is 15.4 Å². The normalized spacial score (nSPS) is 10.8. The molecule has 0 unspecified atom stereocenters. The molecule has 6 heteroatoms. The van der Waals surface area contributed by atoms with Crippen molar-refractivity contribution in [3.8, 4) is 0 Å². The Balaban J connectivity index is 2.94. The minimum Gasteiger partial charge on any atom is -0.466 e. The standard InChI is InChI=1S/C13H15ClN2O3/c1-3-15-13(18)11(8-12(17)19-2)16-10-6-4-5-9(14)7-10/h4-8,16H,3H2,1-2H3,(H,15,18)/b11-8-. The van der Waals surface area contributed by atoms with Gasteiger partial charge >= 0.3 is 5.97 Å². The van der Waals surface area contributed by atoms with Gasteiger partial charge in [0.25, 0.3) is 5.91 Å². The van der Waals surface area contributed by atoms with Crippen LogP contribution >= 0.6 is 11.6 Å². The first-order valence-electron chi connectivity index (χ1n) is 5.67. The van der Waals surface area contributed by atoms with E-state index < -0.39 is 11.9 Å². The highest BCUT2D eigenvalue weighted by Crippen LogP contribution is 2.16. The first kappa shape index (κ1) is 15.0. The minimum absolute atomic E-state index is 0.0935. The van der Waals surface area contributed by atoms with E-state index in [-0.39, 0.29) is 5.70 Å². The summed E-state index contributed by atoms with van der Waals surface area (Å²) in [4.78, 5) is 23.0. The van der Waals surface area contributed by atoms with Crippen molar-refractivity contribution in [1.29, 1.82) is 0 Å². The molecule has 5 nitrogen and oxygen atoms in total. The van der Waals surface area contributed by atoms with Crippen LogP contribution in [0.5, 0.6) is 0 Å². The van der Waals surface area contributed by atoms with Crippen LogP contribution in [-0.2, 0) is 14.3 Å². The average Bonchev–Trinajstić information content (AvgIpc) is 2.38. The molecule has 1 aromatic carbocycles. The zero-order valence-electron chi connectivity index (χ0n) is 10.7. The van der Waals surface area contributed by atoms with Crippen LogP contribution in [0.2, 0.25) is 5.02 Å². The second kappa shape index (κ2) is 7.43. The predicted octanol–water partition coefficient (Wildman–Crippen LogP) is 1.94. The fourth-order valence-electron chi connectivity index (χ4n) is 1.31. The van der Waals surface area contributed by atoms with Crippen LogP contribution in [0.15, 0.2) is 36.0 Å². The van der Waals surface area contributed by atoms with E-state index >= 15 is 0 Å². The first-order chi connectivity index (χ1) is 9.06. The lowest BCUT2D eigenvalue weighted by Crippen LogP contribution is -2.28. The summed E-state index contributed by atoms with van der Waals surface area (Å²) in [5, 5.41) is 5.96. The van der Waals surface area contributed by atoms with Crippen molar-refractivity contribution in [1.82, 2.24) is 5.32 Å². The summed E-state index contributed by atoms with van der Waals surface area (Å²) < 4.78 is 4.51. The van der Waals surface area contributed by atoms with Crippen molar-refractivity contribution in [2.75, 3.05) is 19.0 Å². The Labute approximate surface area is 116 Å². The van der Waals surface area contributed by atoms with Crippen molar-refractivity contribution >= 4 is 29.2 Å². The number of nitrogens with one attached hydrogen (secondary N) is 2. The Kier molecular flexibility index (Phi) is 5.89. The van der Waals surface area contributed by atoms with Crippen molar-refractivity contribution in [2.24, 2.45) is 0 Å². The third-order valence-corrected chi connectivity index (χ3v) is 2.38. The smallest absolute Gasteiger partial charge is 0.332 e. The van der Waals surface area contributed by atoms with Crippen LogP contribution in [0.25, 0.3) is 0 Å². The molecule has 0 saturated heterocycles. The number of rotatable bonds is 5. The fourth-order valence-corrected chi connectivity index (χ4v) is 1.50. The van der Waals surface area contributed by atoms with Crippen molar-refractivity contribution in [3.05, 3.63) is 41.1 Å². The van der Waals surface area contributed by atoms with Gasteiger partial charge in [0.05, 0.1) is 13.2 Å². The molecule has 0 spiro atoms. The molecule has 0 radical (unpaired) electrons. The third kappa shape index (κ3) is 5.01. The molecule has 0 aliphatic carbocycles.